The Morgan fingerprint density at radius 2 is 1.85 bits per heavy atom. The van der Waals surface area contributed by atoms with E-state index in [0.717, 1.165) is 17.8 Å². The summed E-state index contributed by atoms with van der Waals surface area (Å²) in [5.74, 6) is -0.456. The topological polar surface area (TPSA) is 76.9 Å². The van der Waals surface area contributed by atoms with Crippen LogP contribution < -0.4 is 0 Å². The van der Waals surface area contributed by atoms with E-state index in [9.17, 15) is 9.59 Å². The van der Waals surface area contributed by atoms with Gasteiger partial charge in [-0.1, -0.05) is 18.2 Å². The minimum atomic E-state index is -0.231. The highest BCUT2D eigenvalue weighted by atomic mass is 16.5. The summed E-state index contributed by atoms with van der Waals surface area (Å²) in [5, 5.41) is 7.30. The van der Waals surface area contributed by atoms with Crippen LogP contribution in [0.4, 0.5) is 0 Å². The number of hydrogen-bond acceptors (Lipinski definition) is 5. The fourth-order valence-corrected chi connectivity index (χ4v) is 3.05. The molecule has 2 aromatic rings. The highest BCUT2D eigenvalue weighted by molar-refractivity contribution is 5.96. The van der Waals surface area contributed by atoms with Gasteiger partial charge in [0.05, 0.1) is 36.4 Å². The molecule has 8 heteroatoms. The molecule has 8 nitrogen and oxygen atoms in total. The van der Waals surface area contributed by atoms with Gasteiger partial charge in [-0.2, -0.15) is 5.10 Å². The summed E-state index contributed by atoms with van der Waals surface area (Å²) in [6, 6.07) is 9.62. The average Bonchev–Trinajstić information content (AvgIpc) is 3.32. The zero-order chi connectivity index (χ0) is 19.2. The maximum Gasteiger partial charge on any atom is 0.275 e. The van der Waals surface area contributed by atoms with Gasteiger partial charge in [0.2, 0.25) is 0 Å². The van der Waals surface area contributed by atoms with E-state index in [1.165, 1.54) is 10.0 Å². The van der Waals surface area contributed by atoms with E-state index < -0.39 is 0 Å². The number of amides is 2. The highest BCUT2D eigenvalue weighted by Crippen LogP contribution is 2.19. The summed E-state index contributed by atoms with van der Waals surface area (Å²) in [7, 11) is 1.57. The zero-order valence-corrected chi connectivity index (χ0v) is 15.6. The third-order valence-corrected chi connectivity index (χ3v) is 4.45. The number of rotatable bonds is 7. The van der Waals surface area contributed by atoms with E-state index >= 15 is 0 Å². The van der Waals surface area contributed by atoms with Crippen LogP contribution in [0.3, 0.4) is 0 Å². The molecule has 27 heavy (non-hydrogen) atoms. The molecule has 2 heterocycles. The van der Waals surface area contributed by atoms with Gasteiger partial charge >= 0.3 is 0 Å². The van der Waals surface area contributed by atoms with Crippen LogP contribution in [0.2, 0.25) is 0 Å². The third-order valence-electron chi connectivity index (χ3n) is 4.45. The molecule has 1 aliphatic rings. The molecule has 144 valence electrons. The van der Waals surface area contributed by atoms with Crippen molar-refractivity contribution in [3.8, 4) is 5.69 Å². The molecule has 1 aromatic heterocycles. The molecule has 0 atom stereocenters. The molecule has 1 aliphatic heterocycles. The van der Waals surface area contributed by atoms with Crippen LogP contribution in [0, 0.1) is 6.92 Å². The van der Waals surface area contributed by atoms with Gasteiger partial charge in [-0.05, 0) is 25.5 Å². The first kappa shape index (κ1) is 19.1. The minimum Gasteiger partial charge on any atom is -0.382 e. The molecule has 3 rings (SSSR count). The number of carbonyl (C=O) groups is 2. The Kier molecular flexibility index (Phi) is 6.20. The van der Waals surface area contributed by atoms with E-state index in [0.29, 0.717) is 31.9 Å². The monoisotopic (exact) mass is 372 g/mol. The molecule has 0 N–H and O–H groups in total. The Balaban J connectivity index is 1.71. The standard InChI is InChI=1S/C19H24N4O4/c1-15-17(13-20-23(15)16-7-4-3-5-8-16)19(25)22-10-6-9-21(22)18(24)14-27-12-11-26-2/h3-5,7-8,13H,6,9-12,14H2,1-2H3. The van der Waals surface area contributed by atoms with Crippen LogP contribution >= 0.6 is 0 Å². The number of carbonyl (C=O) groups excluding carboxylic acids is 2. The highest BCUT2D eigenvalue weighted by Gasteiger charge is 2.32. The molecule has 0 aliphatic carbocycles. The fraction of sp³-hybridized carbons (Fsp3) is 0.421. The number of hydrazine groups is 1. The molecule has 1 aromatic carbocycles. The molecule has 1 fully saturated rings. The lowest BCUT2D eigenvalue weighted by atomic mass is 10.2. The second-order valence-corrected chi connectivity index (χ2v) is 6.24. The van der Waals surface area contributed by atoms with Crippen molar-refractivity contribution in [1.82, 2.24) is 19.8 Å². The first-order valence-electron chi connectivity index (χ1n) is 8.92. The molecule has 0 unspecified atom stereocenters. The van der Waals surface area contributed by atoms with Crippen LogP contribution in [-0.2, 0) is 14.3 Å². The number of methoxy groups -OCH3 is 1. The van der Waals surface area contributed by atoms with Crippen LogP contribution in [0.1, 0.15) is 22.5 Å². The van der Waals surface area contributed by atoms with Crippen molar-refractivity contribution < 1.29 is 19.1 Å². The van der Waals surface area contributed by atoms with Gasteiger partial charge in [0.1, 0.15) is 6.61 Å². The lowest BCUT2D eigenvalue weighted by Gasteiger charge is -2.27. The smallest absolute Gasteiger partial charge is 0.275 e. The number of para-hydroxylation sites is 1. The maximum atomic E-state index is 13.0. The average molecular weight is 372 g/mol. The summed E-state index contributed by atoms with van der Waals surface area (Å²) < 4.78 is 11.9. The number of aromatic nitrogens is 2. The first-order chi connectivity index (χ1) is 13.1. The predicted octanol–water partition coefficient (Wildman–Crippen LogP) is 1.43. The van der Waals surface area contributed by atoms with Crippen molar-refractivity contribution in [3.05, 3.63) is 47.8 Å². The summed E-state index contributed by atoms with van der Waals surface area (Å²) in [5.41, 5.74) is 2.11. The largest absolute Gasteiger partial charge is 0.382 e. The zero-order valence-electron chi connectivity index (χ0n) is 15.6. The number of hydrogen-bond donors (Lipinski definition) is 0. The van der Waals surface area contributed by atoms with E-state index in [4.69, 9.17) is 9.47 Å². The number of ether oxygens (including phenoxy) is 2. The summed E-state index contributed by atoms with van der Waals surface area (Å²) in [6.45, 7) is 3.54. The Bertz CT molecular complexity index is 790. The van der Waals surface area contributed by atoms with E-state index in [1.54, 1.807) is 18.0 Å². The van der Waals surface area contributed by atoms with Crippen molar-refractivity contribution in [3.63, 3.8) is 0 Å². The van der Waals surface area contributed by atoms with Crippen molar-refractivity contribution in [1.29, 1.82) is 0 Å². The second-order valence-electron chi connectivity index (χ2n) is 6.24. The summed E-state index contributed by atoms with van der Waals surface area (Å²) in [6.07, 6.45) is 2.29. The summed E-state index contributed by atoms with van der Waals surface area (Å²) in [4.78, 5) is 25.4. The first-order valence-corrected chi connectivity index (χ1v) is 8.92. The molecule has 0 spiro atoms. The predicted molar refractivity (Wildman–Crippen MR) is 98.4 cm³/mol. The van der Waals surface area contributed by atoms with Crippen molar-refractivity contribution in [2.45, 2.75) is 13.3 Å². The Morgan fingerprint density at radius 1 is 1.11 bits per heavy atom. The van der Waals surface area contributed by atoms with Gasteiger partial charge in [-0.25, -0.2) is 14.7 Å². The van der Waals surface area contributed by atoms with Gasteiger partial charge in [0.25, 0.3) is 11.8 Å². The molecule has 0 radical (unpaired) electrons. The van der Waals surface area contributed by atoms with E-state index in [1.807, 2.05) is 37.3 Å². The SMILES string of the molecule is COCCOCC(=O)N1CCCN1C(=O)c1cnn(-c2ccccc2)c1C. The van der Waals surface area contributed by atoms with Gasteiger partial charge in [-0.15, -0.1) is 0 Å². The second kappa shape index (κ2) is 8.79. The maximum absolute atomic E-state index is 13.0. The van der Waals surface area contributed by atoms with Crippen LogP contribution in [-0.4, -0.2) is 71.6 Å². The molecular weight excluding hydrogens is 348 g/mol. The molecule has 0 saturated carbocycles. The van der Waals surface area contributed by atoms with E-state index in [2.05, 4.69) is 5.10 Å². The molecule has 2 amide bonds. The van der Waals surface area contributed by atoms with Crippen molar-refractivity contribution >= 4 is 11.8 Å². The molecule has 1 saturated heterocycles. The third kappa shape index (κ3) is 4.17. The number of nitrogens with zero attached hydrogens (tertiary/aromatic N) is 4. The van der Waals surface area contributed by atoms with Gasteiger partial charge < -0.3 is 9.47 Å². The van der Waals surface area contributed by atoms with E-state index in [-0.39, 0.29) is 18.4 Å². The normalized spacial score (nSPS) is 14.0. The fourth-order valence-electron chi connectivity index (χ4n) is 3.05. The van der Waals surface area contributed by atoms with Crippen LogP contribution in [0.5, 0.6) is 0 Å². The van der Waals surface area contributed by atoms with Gasteiger partial charge in [0, 0.05) is 20.2 Å². The molecular formula is C19H24N4O4. The van der Waals surface area contributed by atoms with Crippen LogP contribution in [0.25, 0.3) is 5.69 Å². The number of benzene rings is 1. The lowest BCUT2D eigenvalue weighted by Crippen LogP contribution is -2.46. The Labute approximate surface area is 158 Å². The van der Waals surface area contributed by atoms with Crippen molar-refractivity contribution in [2.24, 2.45) is 0 Å². The molecule has 0 bridgehead atoms. The Hall–Kier alpha value is -2.71. The quantitative estimate of drug-likeness (QED) is 0.687. The van der Waals surface area contributed by atoms with Gasteiger partial charge in [-0.3, -0.25) is 9.59 Å². The minimum absolute atomic E-state index is 0.0740. The van der Waals surface area contributed by atoms with Crippen molar-refractivity contribution in [2.75, 3.05) is 40.0 Å². The Morgan fingerprint density at radius 3 is 2.59 bits per heavy atom. The summed E-state index contributed by atoms with van der Waals surface area (Å²) >= 11 is 0. The lowest BCUT2D eigenvalue weighted by molar-refractivity contribution is -0.146. The van der Waals surface area contributed by atoms with Crippen LogP contribution in [0.15, 0.2) is 36.5 Å². The van der Waals surface area contributed by atoms with Gasteiger partial charge in [0.15, 0.2) is 0 Å².